The molecule has 0 saturated carbocycles. The molecule has 0 aromatic heterocycles. The minimum Gasteiger partial charge on any atom is -0.204 e. The van der Waals surface area contributed by atoms with Crippen molar-refractivity contribution in [1.82, 2.24) is 0 Å². The van der Waals surface area contributed by atoms with Crippen LogP contribution in [-0.4, -0.2) is 0 Å². The third kappa shape index (κ3) is 1.94. The van der Waals surface area contributed by atoms with Gasteiger partial charge in [-0.05, 0) is 42.5 Å². The summed E-state index contributed by atoms with van der Waals surface area (Å²) in [4.78, 5) is 0. The first kappa shape index (κ1) is 11.2. The molecule has 0 aliphatic heterocycles. The van der Waals surface area contributed by atoms with Crippen molar-refractivity contribution in [2.75, 3.05) is 0 Å². The Balaban J connectivity index is 3.29. The van der Waals surface area contributed by atoms with Gasteiger partial charge in [0.05, 0.1) is 0 Å². The van der Waals surface area contributed by atoms with Crippen molar-refractivity contribution >= 4 is 0 Å². The molecule has 0 radical (unpaired) electrons. The Kier molecular flexibility index (Phi) is 3.62. The molecule has 0 atom stereocenters. The molecule has 1 aromatic carbocycles. The lowest BCUT2D eigenvalue weighted by Gasteiger charge is -2.11. The molecule has 78 valence electrons. The van der Waals surface area contributed by atoms with Crippen LogP contribution in [0.5, 0.6) is 0 Å². The molecule has 2 heteroatoms. The standard InChI is InChI=1S/C12H16F2/c1-4-6-10-8(3)9(5-2)7-11(13)12(10)14/h7H,4-6H2,1-3H3. The summed E-state index contributed by atoms with van der Waals surface area (Å²) in [5.74, 6) is -1.38. The fourth-order valence-corrected chi connectivity index (χ4v) is 1.74. The Morgan fingerprint density at radius 1 is 1.21 bits per heavy atom. The number of aryl methyl sites for hydroxylation is 1. The van der Waals surface area contributed by atoms with E-state index in [9.17, 15) is 8.78 Å². The maximum Gasteiger partial charge on any atom is 0.162 e. The third-order valence-electron chi connectivity index (χ3n) is 2.59. The van der Waals surface area contributed by atoms with Crippen LogP contribution in [0.4, 0.5) is 8.78 Å². The molecular formula is C12H16F2. The van der Waals surface area contributed by atoms with Crippen molar-refractivity contribution in [3.05, 3.63) is 34.4 Å². The highest BCUT2D eigenvalue weighted by molar-refractivity contribution is 5.36. The first-order valence-corrected chi connectivity index (χ1v) is 5.08. The first-order chi connectivity index (χ1) is 6.61. The Morgan fingerprint density at radius 2 is 1.86 bits per heavy atom. The van der Waals surface area contributed by atoms with E-state index in [2.05, 4.69) is 0 Å². The van der Waals surface area contributed by atoms with Crippen LogP contribution in [-0.2, 0) is 12.8 Å². The summed E-state index contributed by atoms with van der Waals surface area (Å²) >= 11 is 0. The Hall–Kier alpha value is -0.920. The molecule has 0 N–H and O–H groups in total. The zero-order valence-corrected chi connectivity index (χ0v) is 8.95. The molecule has 0 aliphatic carbocycles. The lowest BCUT2D eigenvalue weighted by atomic mass is 9.97. The second-order valence-corrected chi connectivity index (χ2v) is 3.54. The molecule has 0 amide bonds. The number of rotatable bonds is 3. The molecule has 0 heterocycles. The van der Waals surface area contributed by atoms with Gasteiger partial charge in [0.2, 0.25) is 0 Å². The molecule has 0 bridgehead atoms. The van der Waals surface area contributed by atoms with Gasteiger partial charge in [-0.25, -0.2) is 8.78 Å². The smallest absolute Gasteiger partial charge is 0.162 e. The summed E-state index contributed by atoms with van der Waals surface area (Å²) in [6.07, 6.45) is 2.20. The van der Waals surface area contributed by atoms with Gasteiger partial charge in [0.15, 0.2) is 11.6 Å². The highest BCUT2D eigenvalue weighted by atomic mass is 19.2. The van der Waals surface area contributed by atoms with E-state index in [1.54, 1.807) is 0 Å². The van der Waals surface area contributed by atoms with Gasteiger partial charge >= 0.3 is 0 Å². The van der Waals surface area contributed by atoms with Gasteiger partial charge in [-0.15, -0.1) is 0 Å². The lowest BCUT2D eigenvalue weighted by Crippen LogP contribution is -2.02. The maximum atomic E-state index is 13.4. The van der Waals surface area contributed by atoms with E-state index in [4.69, 9.17) is 0 Å². The normalized spacial score (nSPS) is 10.6. The van der Waals surface area contributed by atoms with Crippen molar-refractivity contribution in [3.63, 3.8) is 0 Å². The fraction of sp³-hybridized carbons (Fsp3) is 0.500. The van der Waals surface area contributed by atoms with Gasteiger partial charge in [0.25, 0.3) is 0 Å². The molecule has 0 aliphatic rings. The van der Waals surface area contributed by atoms with Gasteiger partial charge in [-0.3, -0.25) is 0 Å². The summed E-state index contributed by atoms with van der Waals surface area (Å²) in [5.41, 5.74) is 2.37. The van der Waals surface area contributed by atoms with E-state index >= 15 is 0 Å². The van der Waals surface area contributed by atoms with Crippen molar-refractivity contribution < 1.29 is 8.78 Å². The summed E-state index contributed by atoms with van der Waals surface area (Å²) in [6.45, 7) is 5.79. The van der Waals surface area contributed by atoms with Crippen LogP contribution in [0.2, 0.25) is 0 Å². The summed E-state index contributed by atoms with van der Waals surface area (Å²) in [5, 5.41) is 0. The monoisotopic (exact) mass is 198 g/mol. The predicted molar refractivity (Wildman–Crippen MR) is 54.5 cm³/mol. The van der Waals surface area contributed by atoms with Crippen LogP contribution in [0.1, 0.15) is 37.0 Å². The molecule has 0 fully saturated rings. The second kappa shape index (κ2) is 4.54. The zero-order valence-electron chi connectivity index (χ0n) is 8.95. The second-order valence-electron chi connectivity index (χ2n) is 3.54. The van der Waals surface area contributed by atoms with Crippen molar-refractivity contribution in [1.29, 1.82) is 0 Å². The Morgan fingerprint density at radius 3 is 2.36 bits per heavy atom. The van der Waals surface area contributed by atoms with Gasteiger partial charge < -0.3 is 0 Å². The molecule has 0 nitrogen and oxygen atoms in total. The van der Waals surface area contributed by atoms with Gasteiger partial charge in [-0.1, -0.05) is 20.3 Å². The maximum absolute atomic E-state index is 13.4. The average Bonchev–Trinajstić information content (AvgIpc) is 2.18. The molecular weight excluding hydrogens is 182 g/mol. The van der Waals surface area contributed by atoms with E-state index in [0.29, 0.717) is 12.0 Å². The average molecular weight is 198 g/mol. The SMILES string of the molecule is CCCc1c(C)c(CC)cc(F)c1F. The lowest BCUT2D eigenvalue weighted by molar-refractivity contribution is 0.495. The number of halogens is 2. The van der Waals surface area contributed by atoms with Crippen LogP contribution >= 0.6 is 0 Å². The summed E-state index contributed by atoms with van der Waals surface area (Å²) in [6, 6.07) is 1.31. The largest absolute Gasteiger partial charge is 0.204 e. The summed E-state index contributed by atoms with van der Waals surface area (Å²) in [7, 11) is 0. The van der Waals surface area contributed by atoms with E-state index in [1.165, 1.54) is 6.07 Å². The molecule has 1 aromatic rings. The highest BCUT2D eigenvalue weighted by Crippen LogP contribution is 2.22. The van der Waals surface area contributed by atoms with Crippen LogP contribution in [0, 0.1) is 18.6 Å². The Labute approximate surface area is 84.0 Å². The van der Waals surface area contributed by atoms with E-state index in [-0.39, 0.29) is 0 Å². The van der Waals surface area contributed by atoms with Crippen molar-refractivity contribution in [2.24, 2.45) is 0 Å². The first-order valence-electron chi connectivity index (χ1n) is 5.08. The van der Waals surface area contributed by atoms with Crippen LogP contribution in [0.3, 0.4) is 0 Å². The van der Waals surface area contributed by atoms with Gasteiger partial charge in [-0.2, -0.15) is 0 Å². The zero-order chi connectivity index (χ0) is 10.7. The number of hydrogen-bond acceptors (Lipinski definition) is 0. The predicted octanol–water partition coefficient (Wildman–Crippen LogP) is 3.79. The molecule has 14 heavy (non-hydrogen) atoms. The van der Waals surface area contributed by atoms with E-state index < -0.39 is 11.6 Å². The minimum absolute atomic E-state index is 0.546. The molecule has 0 spiro atoms. The van der Waals surface area contributed by atoms with Crippen LogP contribution in [0.15, 0.2) is 6.07 Å². The van der Waals surface area contributed by atoms with Gasteiger partial charge in [0.1, 0.15) is 0 Å². The Bertz CT molecular complexity index is 330. The highest BCUT2D eigenvalue weighted by Gasteiger charge is 2.13. The topological polar surface area (TPSA) is 0 Å². The quantitative estimate of drug-likeness (QED) is 0.693. The summed E-state index contributed by atoms with van der Waals surface area (Å²) < 4.78 is 26.5. The molecule has 0 unspecified atom stereocenters. The van der Waals surface area contributed by atoms with E-state index in [0.717, 1.165) is 24.0 Å². The van der Waals surface area contributed by atoms with Crippen LogP contribution < -0.4 is 0 Å². The molecule has 1 rings (SSSR count). The number of hydrogen-bond donors (Lipinski definition) is 0. The van der Waals surface area contributed by atoms with E-state index in [1.807, 2.05) is 20.8 Å². The number of benzene rings is 1. The van der Waals surface area contributed by atoms with Crippen molar-refractivity contribution in [3.8, 4) is 0 Å². The third-order valence-corrected chi connectivity index (χ3v) is 2.59. The van der Waals surface area contributed by atoms with Crippen LogP contribution in [0.25, 0.3) is 0 Å². The minimum atomic E-state index is -0.712. The van der Waals surface area contributed by atoms with Crippen molar-refractivity contribution in [2.45, 2.75) is 40.0 Å². The molecule has 0 saturated heterocycles. The fourth-order valence-electron chi connectivity index (χ4n) is 1.74. The van der Waals surface area contributed by atoms with Gasteiger partial charge in [0, 0.05) is 0 Å².